The Morgan fingerprint density at radius 2 is 1.68 bits per heavy atom. The van der Waals surface area contributed by atoms with E-state index in [1.54, 1.807) is 19.1 Å². The van der Waals surface area contributed by atoms with Gasteiger partial charge in [-0.05, 0) is 37.1 Å². The molecule has 0 spiro atoms. The number of rotatable bonds is 13. The smallest absolute Gasteiger partial charge is 0.329 e. The lowest BCUT2D eigenvalue weighted by atomic mass is 9.74. The van der Waals surface area contributed by atoms with Crippen molar-refractivity contribution in [3.05, 3.63) is 59.2 Å². The van der Waals surface area contributed by atoms with Gasteiger partial charge < -0.3 is 39.4 Å². The van der Waals surface area contributed by atoms with Gasteiger partial charge in [-0.3, -0.25) is 0 Å². The molecule has 0 aliphatic heterocycles. The van der Waals surface area contributed by atoms with Gasteiger partial charge in [0.1, 0.15) is 17.0 Å². The fourth-order valence-corrected chi connectivity index (χ4v) is 4.68. The number of carbonyl (C=O) groups is 2. The van der Waals surface area contributed by atoms with Crippen LogP contribution in [0.15, 0.2) is 42.5 Å². The molecule has 1 aliphatic carbocycles. The fraction of sp³-hybridized carbons (Fsp3) is 0.500. The Hall–Kier alpha value is -3.34. The summed E-state index contributed by atoms with van der Waals surface area (Å²) in [7, 11) is 4.52. The van der Waals surface area contributed by atoms with Crippen molar-refractivity contribution in [3.8, 4) is 11.5 Å². The van der Waals surface area contributed by atoms with Crippen LogP contribution in [-0.2, 0) is 20.9 Å². The van der Waals surface area contributed by atoms with Gasteiger partial charge in [0.15, 0.2) is 0 Å². The topological polar surface area (TPSA) is 127 Å². The van der Waals surface area contributed by atoms with E-state index in [0.29, 0.717) is 29.2 Å². The lowest BCUT2D eigenvalue weighted by Gasteiger charge is -2.45. The van der Waals surface area contributed by atoms with E-state index in [1.165, 1.54) is 26.2 Å². The van der Waals surface area contributed by atoms with Gasteiger partial charge in [0.2, 0.25) is 0 Å². The molecule has 0 saturated heterocycles. The number of ether oxygens (including phenoxy) is 4. The molecule has 1 saturated carbocycles. The lowest BCUT2D eigenvalue weighted by molar-refractivity contribution is -0.155. The van der Waals surface area contributed by atoms with Crippen LogP contribution >= 0.6 is 0 Å². The number of amides is 2. The standard InChI is InChI=1S/C28H38N2O8/c1-18(21-13-23(36-4)25(19(2)31)24(14-21)37-5)30(11-12-38-17-20-9-7-6-8-10-20)27(34)29-28(26(32)33)15-22(16-28)35-3/h6-10,13-14,18-19,22,31H,11-12,15-17H2,1-5H3,(H,29,34)(H,32,33)/t18-,19?,22-,28-/m1/s1. The minimum atomic E-state index is -1.40. The number of aliphatic hydroxyl groups excluding tert-OH is 1. The normalized spacial score (nSPS) is 20.1. The summed E-state index contributed by atoms with van der Waals surface area (Å²) in [6.07, 6.45) is -0.699. The molecule has 1 aliphatic rings. The van der Waals surface area contributed by atoms with Gasteiger partial charge in [-0.25, -0.2) is 9.59 Å². The number of urea groups is 1. The molecule has 38 heavy (non-hydrogen) atoms. The van der Waals surface area contributed by atoms with Crippen molar-refractivity contribution in [2.45, 2.75) is 57.1 Å². The molecule has 2 atom stereocenters. The third-order valence-corrected chi connectivity index (χ3v) is 7.02. The summed E-state index contributed by atoms with van der Waals surface area (Å²) < 4.78 is 22.1. The second-order valence-corrected chi connectivity index (χ2v) is 9.51. The van der Waals surface area contributed by atoms with E-state index in [2.05, 4.69) is 5.32 Å². The molecule has 2 amide bonds. The van der Waals surface area contributed by atoms with Gasteiger partial charge in [0.05, 0.1) is 51.2 Å². The molecule has 1 fully saturated rings. The minimum Gasteiger partial charge on any atom is -0.496 e. The Morgan fingerprint density at radius 3 is 2.18 bits per heavy atom. The molecule has 0 heterocycles. The molecule has 0 aromatic heterocycles. The van der Waals surface area contributed by atoms with Crippen molar-refractivity contribution in [2.24, 2.45) is 0 Å². The summed E-state index contributed by atoms with van der Waals surface area (Å²) in [6.45, 7) is 4.26. The molecule has 208 valence electrons. The van der Waals surface area contributed by atoms with Crippen LogP contribution in [0.5, 0.6) is 11.5 Å². The maximum Gasteiger partial charge on any atom is 0.329 e. The molecule has 2 aromatic carbocycles. The number of hydrogen-bond donors (Lipinski definition) is 3. The Balaban J connectivity index is 1.85. The number of benzene rings is 2. The first-order chi connectivity index (χ1) is 18.2. The molecule has 2 aromatic rings. The summed E-state index contributed by atoms with van der Waals surface area (Å²) in [4.78, 5) is 27.2. The number of carboxylic acids is 1. The first-order valence-electron chi connectivity index (χ1n) is 12.6. The number of carbonyl (C=O) groups excluding carboxylic acids is 1. The molecule has 10 heteroatoms. The summed E-state index contributed by atoms with van der Waals surface area (Å²) in [6, 6.07) is 12.1. The van der Waals surface area contributed by atoms with Gasteiger partial charge in [-0.1, -0.05) is 30.3 Å². The SMILES string of the molecule is COc1cc([C@@H](C)N(CCOCc2ccccc2)C(=O)N[C@]2(C(=O)O)C[C@@H](OC)C2)cc(OC)c1C(C)O. The van der Waals surface area contributed by atoms with Crippen LogP contribution in [0.1, 0.15) is 55.5 Å². The average Bonchev–Trinajstić information content (AvgIpc) is 2.89. The largest absolute Gasteiger partial charge is 0.496 e. The lowest BCUT2D eigenvalue weighted by Crippen LogP contribution is -2.66. The maximum atomic E-state index is 13.6. The van der Waals surface area contributed by atoms with E-state index < -0.39 is 29.7 Å². The van der Waals surface area contributed by atoms with Gasteiger partial charge in [-0.2, -0.15) is 0 Å². The summed E-state index contributed by atoms with van der Waals surface area (Å²) in [5.41, 5.74) is 0.795. The number of nitrogens with one attached hydrogen (secondary N) is 1. The van der Waals surface area contributed by atoms with E-state index in [9.17, 15) is 19.8 Å². The zero-order valence-electron chi connectivity index (χ0n) is 22.6. The van der Waals surface area contributed by atoms with Crippen molar-refractivity contribution < 1.29 is 38.7 Å². The second-order valence-electron chi connectivity index (χ2n) is 9.51. The quantitative estimate of drug-likeness (QED) is 0.335. The Labute approximate surface area is 223 Å². The number of aliphatic carboxylic acids is 1. The zero-order chi connectivity index (χ0) is 27.9. The predicted octanol–water partition coefficient (Wildman–Crippen LogP) is 3.68. The monoisotopic (exact) mass is 530 g/mol. The fourth-order valence-electron chi connectivity index (χ4n) is 4.68. The molecular formula is C28H38N2O8. The van der Waals surface area contributed by atoms with Gasteiger partial charge in [-0.15, -0.1) is 0 Å². The Morgan fingerprint density at radius 1 is 1.08 bits per heavy atom. The van der Waals surface area contributed by atoms with E-state index in [4.69, 9.17) is 18.9 Å². The van der Waals surface area contributed by atoms with Gasteiger partial charge in [0, 0.05) is 26.5 Å². The number of methoxy groups -OCH3 is 3. The predicted molar refractivity (Wildman–Crippen MR) is 140 cm³/mol. The first kappa shape index (κ1) is 29.2. The van der Waals surface area contributed by atoms with Crippen molar-refractivity contribution in [3.63, 3.8) is 0 Å². The van der Waals surface area contributed by atoms with Crippen molar-refractivity contribution in [2.75, 3.05) is 34.5 Å². The van der Waals surface area contributed by atoms with Crippen LogP contribution < -0.4 is 14.8 Å². The van der Waals surface area contributed by atoms with E-state index in [1.807, 2.05) is 37.3 Å². The number of hydrogen-bond acceptors (Lipinski definition) is 7. The highest BCUT2D eigenvalue weighted by molar-refractivity contribution is 5.87. The van der Waals surface area contributed by atoms with E-state index >= 15 is 0 Å². The van der Waals surface area contributed by atoms with Gasteiger partial charge in [0.25, 0.3) is 0 Å². The molecule has 0 bridgehead atoms. The van der Waals surface area contributed by atoms with E-state index in [-0.39, 0.29) is 32.1 Å². The van der Waals surface area contributed by atoms with Gasteiger partial charge >= 0.3 is 12.0 Å². The van der Waals surface area contributed by atoms with Crippen molar-refractivity contribution in [1.82, 2.24) is 10.2 Å². The highest BCUT2D eigenvalue weighted by Gasteiger charge is 2.52. The van der Waals surface area contributed by atoms with Crippen LogP contribution in [0.3, 0.4) is 0 Å². The number of carboxylic acid groups (broad SMARTS) is 1. The highest BCUT2D eigenvalue weighted by atomic mass is 16.5. The minimum absolute atomic E-state index is 0.183. The van der Waals surface area contributed by atoms with Crippen LogP contribution in [-0.4, -0.2) is 73.2 Å². The number of nitrogens with zero attached hydrogens (tertiary/aromatic N) is 1. The summed E-state index contributed by atoms with van der Waals surface area (Å²) in [5, 5.41) is 22.9. The highest BCUT2D eigenvalue weighted by Crippen LogP contribution is 2.39. The van der Waals surface area contributed by atoms with Crippen molar-refractivity contribution >= 4 is 12.0 Å². The van der Waals surface area contributed by atoms with Crippen LogP contribution in [0.2, 0.25) is 0 Å². The molecular weight excluding hydrogens is 492 g/mol. The third-order valence-electron chi connectivity index (χ3n) is 7.02. The van der Waals surface area contributed by atoms with Crippen molar-refractivity contribution in [1.29, 1.82) is 0 Å². The second kappa shape index (κ2) is 12.9. The molecule has 10 nitrogen and oxygen atoms in total. The van der Waals surface area contributed by atoms with Crippen LogP contribution in [0.4, 0.5) is 4.79 Å². The van der Waals surface area contributed by atoms with Crippen LogP contribution in [0.25, 0.3) is 0 Å². The van der Waals surface area contributed by atoms with Crippen LogP contribution in [0, 0.1) is 0 Å². The molecule has 3 N–H and O–H groups in total. The third kappa shape index (κ3) is 6.56. The molecule has 0 radical (unpaired) electrons. The zero-order valence-corrected chi connectivity index (χ0v) is 22.6. The Bertz CT molecular complexity index is 1060. The maximum absolute atomic E-state index is 13.6. The first-order valence-corrected chi connectivity index (χ1v) is 12.6. The summed E-state index contributed by atoms with van der Waals surface area (Å²) >= 11 is 0. The number of aliphatic hydroxyl groups is 1. The average molecular weight is 531 g/mol. The van der Waals surface area contributed by atoms with E-state index in [0.717, 1.165) is 5.56 Å². The molecule has 3 rings (SSSR count). The Kier molecular flexibility index (Phi) is 9.96. The molecule has 1 unspecified atom stereocenters. The summed E-state index contributed by atoms with van der Waals surface area (Å²) in [5.74, 6) is -0.256.